The minimum Gasteiger partial charge on any atom is -0.406 e. The van der Waals surface area contributed by atoms with Crippen LogP contribution in [-0.2, 0) is 0 Å². The molecule has 1 aliphatic carbocycles. The first-order valence-electron chi connectivity index (χ1n) is 7.02. The standard InChI is InChI=1S/C13H24N4O/c1-4-9-14-10(2)12-15-16-13(18-12)17(3)11-7-5-6-8-11/h10-11,14H,4-9H2,1-3H3. The number of hydrogen-bond donors (Lipinski definition) is 1. The second-order valence-corrected chi connectivity index (χ2v) is 5.15. The van der Waals surface area contributed by atoms with E-state index in [2.05, 4.69) is 41.3 Å². The fourth-order valence-electron chi connectivity index (χ4n) is 2.44. The Bertz CT molecular complexity index is 360. The Morgan fingerprint density at radius 2 is 2.11 bits per heavy atom. The van der Waals surface area contributed by atoms with E-state index < -0.39 is 0 Å². The van der Waals surface area contributed by atoms with E-state index in [1.54, 1.807) is 0 Å². The summed E-state index contributed by atoms with van der Waals surface area (Å²) in [5.74, 6) is 0.684. The molecular formula is C13H24N4O. The molecule has 0 spiro atoms. The van der Waals surface area contributed by atoms with Crippen molar-refractivity contribution in [2.45, 2.75) is 58.0 Å². The summed E-state index contributed by atoms with van der Waals surface area (Å²) in [5, 5.41) is 11.7. The Kier molecular flexibility index (Phi) is 4.58. The van der Waals surface area contributed by atoms with Gasteiger partial charge in [-0.2, -0.15) is 0 Å². The highest BCUT2D eigenvalue weighted by Gasteiger charge is 2.24. The maximum Gasteiger partial charge on any atom is 0.318 e. The molecule has 1 saturated carbocycles. The third-order valence-electron chi connectivity index (χ3n) is 3.68. The van der Waals surface area contributed by atoms with Crippen LogP contribution in [0.4, 0.5) is 6.01 Å². The molecule has 0 aliphatic heterocycles. The third-order valence-corrected chi connectivity index (χ3v) is 3.68. The van der Waals surface area contributed by atoms with Gasteiger partial charge in [-0.05, 0) is 32.7 Å². The van der Waals surface area contributed by atoms with Gasteiger partial charge in [0.05, 0.1) is 6.04 Å². The first kappa shape index (κ1) is 13.3. The molecule has 1 aromatic rings. The van der Waals surface area contributed by atoms with Crippen molar-refractivity contribution in [1.82, 2.24) is 15.5 Å². The first-order chi connectivity index (χ1) is 8.72. The molecule has 0 aromatic carbocycles. The average Bonchev–Trinajstić information content (AvgIpc) is 3.05. The lowest BCUT2D eigenvalue weighted by Crippen LogP contribution is -2.29. The molecule has 2 rings (SSSR count). The summed E-state index contributed by atoms with van der Waals surface area (Å²) in [4.78, 5) is 2.13. The Balaban J connectivity index is 1.96. The second-order valence-electron chi connectivity index (χ2n) is 5.15. The quantitative estimate of drug-likeness (QED) is 0.843. The normalized spacial score (nSPS) is 18.2. The van der Waals surface area contributed by atoms with Crippen LogP contribution in [0.5, 0.6) is 0 Å². The summed E-state index contributed by atoms with van der Waals surface area (Å²) < 4.78 is 5.76. The van der Waals surface area contributed by atoms with Crippen LogP contribution in [0.3, 0.4) is 0 Å². The lowest BCUT2D eigenvalue weighted by atomic mass is 10.2. The van der Waals surface area contributed by atoms with Gasteiger partial charge in [-0.1, -0.05) is 24.9 Å². The van der Waals surface area contributed by atoms with Gasteiger partial charge in [0.15, 0.2) is 0 Å². The molecule has 0 bridgehead atoms. The van der Waals surface area contributed by atoms with Crippen molar-refractivity contribution >= 4 is 6.01 Å². The average molecular weight is 252 g/mol. The highest BCUT2D eigenvalue weighted by atomic mass is 16.4. The lowest BCUT2D eigenvalue weighted by Gasteiger charge is -2.21. The van der Waals surface area contributed by atoms with Gasteiger partial charge in [0.25, 0.3) is 0 Å². The van der Waals surface area contributed by atoms with Gasteiger partial charge < -0.3 is 14.6 Å². The third kappa shape index (κ3) is 3.02. The first-order valence-corrected chi connectivity index (χ1v) is 7.02. The highest BCUT2D eigenvalue weighted by Crippen LogP contribution is 2.26. The van der Waals surface area contributed by atoms with E-state index in [-0.39, 0.29) is 6.04 Å². The molecule has 1 fully saturated rings. The Morgan fingerprint density at radius 3 is 2.78 bits per heavy atom. The monoisotopic (exact) mass is 252 g/mol. The van der Waals surface area contributed by atoms with Gasteiger partial charge >= 0.3 is 6.01 Å². The van der Waals surface area contributed by atoms with Gasteiger partial charge in [-0.15, -0.1) is 5.10 Å². The summed E-state index contributed by atoms with van der Waals surface area (Å²) >= 11 is 0. The Morgan fingerprint density at radius 1 is 1.39 bits per heavy atom. The largest absolute Gasteiger partial charge is 0.406 e. The molecule has 102 valence electrons. The fraction of sp³-hybridized carbons (Fsp3) is 0.846. The van der Waals surface area contributed by atoms with E-state index in [0.29, 0.717) is 17.9 Å². The zero-order valence-electron chi connectivity index (χ0n) is 11.6. The van der Waals surface area contributed by atoms with Crippen LogP contribution in [0.2, 0.25) is 0 Å². The maximum atomic E-state index is 5.76. The van der Waals surface area contributed by atoms with Crippen LogP contribution < -0.4 is 10.2 Å². The molecule has 5 heteroatoms. The van der Waals surface area contributed by atoms with Crippen molar-refractivity contribution in [2.24, 2.45) is 0 Å². The predicted molar refractivity (Wildman–Crippen MR) is 71.7 cm³/mol. The molecule has 1 aromatic heterocycles. The summed E-state index contributed by atoms with van der Waals surface area (Å²) in [6.45, 7) is 5.17. The molecule has 1 unspecified atom stereocenters. The van der Waals surface area contributed by atoms with Gasteiger partial charge in [-0.3, -0.25) is 0 Å². The van der Waals surface area contributed by atoms with E-state index in [1.807, 2.05) is 0 Å². The van der Waals surface area contributed by atoms with Crippen molar-refractivity contribution in [2.75, 3.05) is 18.5 Å². The number of aromatic nitrogens is 2. The SMILES string of the molecule is CCCNC(C)c1nnc(N(C)C2CCCC2)o1. The van der Waals surface area contributed by atoms with Crippen LogP contribution in [0, 0.1) is 0 Å². The van der Waals surface area contributed by atoms with Crippen LogP contribution >= 0.6 is 0 Å². The van der Waals surface area contributed by atoms with Crippen LogP contribution in [-0.4, -0.2) is 29.8 Å². The molecule has 1 N–H and O–H groups in total. The van der Waals surface area contributed by atoms with Crippen molar-refractivity contribution in [1.29, 1.82) is 0 Å². The number of rotatable bonds is 6. The van der Waals surface area contributed by atoms with Gasteiger partial charge in [0.1, 0.15) is 0 Å². The molecule has 0 radical (unpaired) electrons. The number of anilines is 1. The molecule has 18 heavy (non-hydrogen) atoms. The zero-order valence-corrected chi connectivity index (χ0v) is 11.6. The molecule has 0 amide bonds. The summed E-state index contributed by atoms with van der Waals surface area (Å²) in [6, 6.07) is 1.35. The number of hydrogen-bond acceptors (Lipinski definition) is 5. The molecular weight excluding hydrogens is 228 g/mol. The Labute approximate surface area is 109 Å². The second kappa shape index (κ2) is 6.18. The fourth-order valence-corrected chi connectivity index (χ4v) is 2.44. The summed E-state index contributed by atoms with van der Waals surface area (Å²) in [5.41, 5.74) is 0. The lowest BCUT2D eigenvalue weighted by molar-refractivity contribution is 0.410. The van der Waals surface area contributed by atoms with Crippen LogP contribution in [0.1, 0.15) is 57.9 Å². The summed E-state index contributed by atoms with van der Waals surface area (Å²) in [7, 11) is 2.05. The topological polar surface area (TPSA) is 54.2 Å². The molecule has 1 atom stereocenters. The van der Waals surface area contributed by atoms with E-state index >= 15 is 0 Å². The van der Waals surface area contributed by atoms with Crippen LogP contribution in [0.25, 0.3) is 0 Å². The molecule has 1 heterocycles. The highest BCUT2D eigenvalue weighted by molar-refractivity contribution is 5.25. The van der Waals surface area contributed by atoms with E-state index in [4.69, 9.17) is 4.42 Å². The van der Waals surface area contributed by atoms with Crippen molar-refractivity contribution in [3.63, 3.8) is 0 Å². The van der Waals surface area contributed by atoms with Gasteiger partial charge in [0.2, 0.25) is 5.89 Å². The van der Waals surface area contributed by atoms with Crippen LogP contribution in [0.15, 0.2) is 4.42 Å². The molecule has 1 aliphatic rings. The van der Waals surface area contributed by atoms with E-state index in [0.717, 1.165) is 13.0 Å². The van der Waals surface area contributed by atoms with Crippen molar-refractivity contribution in [3.8, 4) is 0 Å². The molecule has 5 nitrogen and oxygen atoms in total. The molecule has 0 saturated heterocycles. The number of nitrogens with one attached hydrogen (secondary N) is 1. The minimum atomic E-state index is 0.128. The van der Waals surface area contributed by atoms with Crippen molar-refractivity contribution in [3.05, 3.63) is 5.89 Å². The van der Waals surface area contributed by atoms with Gasteiger partial charge in [0, 0.05) is 13.1 Å². The summed E-state index contributed by atoms with van der Waals surface area (Å²) in [6.07, 6.45) is 6.19. The minimum absolute atomic E-state index is 0.128. The predicted octanol–water partition coefficient (Wildman–Crippen LogP) is 2.51. The van der Waals surface area contributed by atoms with Crippen molar-refractivity contribution < 1.29 is 4.42 Å². The zero-order chi connectivity index (χ0) is 13.0. The smallest absolute Gasteiger partial charge is 0.318 e. The maximum absolute atomic E-state index is 5.76. The van der Waals surface area contributed by atoms with Gasteiger partial charge in [-0.25, -0.2) is 0 Å². The van der Waals surface area contributed by atoms with E-state index in [9.17, 15) is 0 Å². The van der Waals surface area contributed by atoms with E-state index in [1.165, 1.54) is 25.7 Å². The number of nitrogens with zero attached hydrogens (tertiary/aromatic N) is 3. The Hall–Kier alpha value is -1.10.